The lowest BCUT2D eigenvalue weighted by Gasteiger charge is -2.49. The van der Waals surface area contributed by atoms with Crippen molar-refractivity contribution in [2.45, 2.75) is 101 Å². The van der Waals surface area contributed by atoms with Crippen molar-refractivity contribution in [2.24, 2.45) is 5.92 Å². The maximum absolute atomic E-state index is 13.9. The Morgan fingerprint density at radius 2 is 1.68 bits per heavy atom. The predicted octanol–water partition coefficient (Wildman–Crippen LogP) is 7.85. The number of alkyl halides is 6. The second-order valence-corrected chi connectivity index (χ2v) is 14.1. The van der Waals surface area contributed by atoms with E-state index in [1.807, 2.05) is 37.3 Å². The van der Waals surface area contributed by atoms with E-state index < -0.39 is 77.7 Å². The monoisotopic (exact) mass is 710 g/mol. The molecule has 1 saturated carbocycles. The number of hydrogen-bond acceptors (Lipinski definition) is 7. The summed E-state index contributed by atoms with van der Waals surface area (Å²) in [6.07, 6.45) is -6.07. The standard InChI is InChI=1S/C35H40F6N4O5/c1-5-25-14-26(15-33(45(25)31(48)50-32(2,3)4)16-28(33)22-9-7-6-8-10-22)44(30-42-17-27(18-43-30)49-20-29(46)47)19-21-11-23(34(36,37)38)13-24(12-21)35(39,40)41/h6-11,13,17-18,21,25-26,28H,5,12,14-16,19-20H2,1-4H3,(H,46,47)/t21?,25-,26?,28+,33?/m1/s1. The fraction of sp³-hybridized carbons (Fsp3) is 0.543. The van der Waals surface area contributed by atoms with Crippen molar-refractivity contribution in [3.63, 3.8) is 0 Å². The number of anilines is 1. The largest absolute Gasteiger partial charge is 0.479 e. The highest BCUT2D eigenvalue weighted by atomic mass is 19.4. The van der Waals surface area contributed by atoms with Gasteiger partial charge in [-0.3, -0.25) is 4.90 Å². The number of aromatic nitrogens is 2. The number of amides is 1. The molecule has 1 aromatic heterocycles. The first kappa shape index (κ1) is 37.0. The first-order valence-corrected chi connectivity index (χ1v) is 16.4. The molecule has 5 atom stereocenters. The van der Waals surface area contributed by atoms with Gasteiger partial charge in [-0.1, -0.05) is 43.3 Å². The lowest BCUT2D eigenvalue weighted by molar-refractivity contribution is -0.139. The molecule has 0 bridgehead atoms. The number of carbonyl (C=O) groups excluding carboxylic acids is 1. The lowest BCUT2D eigenvalue weighted by Crippen LogP contribution is -2.60. The predicted molar refractivity (Wildman–Crippen MR) is 171 cm³/mol. The van der Waals surface area contributed by atoms with Crippen LogP contribution in [0, 0.1) is 5.92 Å². The number of carboxylic acids is 1. The molecule has 2 heterocycles. The Bertz CT molecular complexity index is 1610. The quantitative estimate of drug-likeness (QED) is 0.263. The molecule has 3 aliphatic rings. The van der Waals surface area contributed by atoms with Crippen molar-refractivity contribution in [3.8, 4) is 5.75 Å². The summed E-state index contributed by atoms with van der Waals surface area (Å²) < 4.78 is 94.4. The molecule has 272 valence electrons. The molecule has 1 amide bonds. The van der Waals surface area contributed by atoms with Crippen LogP contribution in [-0.2, 0) is 9.53 Å². The van der Waals surface area contributed by atoms with Gasteiger partial charge in [0.15, 0.2) is 12.4 Å². The lowest BCUT2D eigenvalue weighted by atomic mass is 9.84. The summed E-state index contributed by atoms with van der Waals surface area (Å²) in [6.45, 7) is 6.26. The van der Waals surface area contributed by atoms with Crippen molar-refractivity contribution in [1.29, 1.82) is 0 Å². The maximum Gasteiger partial charge on any atom is 0.416 e. The highest BCUT2D eigenvalue weighted by Crippen LogP contribution is 2.62. The molecular formula is C35H40F6N4O5. The topological polar surface area (TPSA) is 105 Å². The number of hydrogen-bond donors (Lipinski definition) is 1. The number of carboxylic acid groups (broad SMARTS) is 1. The van der Waals surface area contributed by atoms with Gasteiger partial charge in [0.25, 0.3) is 0 Å². The molecule has 1 aromatic carbocycles. The summed E-state index contributed by atoms with van der Waals surface area (Å²) in [5, 5.41) is 8.98. The minimum atomic E-state index is -5.01. The third-order valence-corrected chi connectivity index (χ3v) is 9.31. The molecule has 5 rings (SSSR count). The van der Waals surface area contributed by atoms with Gasteiger partial charge in [0.05, 0.1) is 23.5 Å². The number of nitrogens with zero attached hydrogens (tertiary/aromatic N) is 4. The van der Waals surface area contributed by atoms with Gasteiger partial charge in [0.2, 0.25) is 5.95 Å². The Balaban J connectivity index is 1.56. The number of likely N-dealkylation sites (tertiary alicyclic amines) is 1. The molecule has 9 nitrogen and oxygen atoms in total. The molecule has 1 aliphatic heterocycles. The van der Waals surface area contributed by atoms with Gasteiger partial charge in [0.1, 0.15) is 5.60 Å². The highest BCUT2D eigenvalue weighted by Gasteiger charge is 2.65. The van der Waals surface area contributed by atoms with Crippen molar-refractivity contribution in [2.75, 3.05) is 18.1 Å². The number of aliphatic carboxylic acids is 1. The van der Waals surface area contributed by atoms with E-state index in [0.29, 0.717) is 25.7 Å². The maximum atomic E-state index is 13.9. The van der Waals surface area contributed by atoms with Crippen LogP contribution in [0.25, 0.3) is 0 Å². The van der Waals surface area contributed by atoms with E-state index in [4.69, 9.17) is 14.6 Å². The molecule has 2 aromatic rings. The normalized spacial score (nSPS) is 25.4. The second-order valence-electron chi connectivity index (χ2n) is 14.1. The summed E-state index contributed by atoms with van der Waals surface area (Å²) >= 11 is 0. The average molecular weight is 711 g/mol. The summed E-state index contributed by atoms with van der Waals surface area (Å²) in [6, 6.07) is 8.68. The van der Waals surface area contributed by atoms with E-state index in [1.54, 1.807) is 30.6 Å². The summed E-state index contributed by atoms with van der Waals surface area (Å²) in [5.74, 6) is -2.52. The van der Waals surface area contributed by atoms with Crippen LogP contribution < -0.4 is 9.64 Å². The van der Waals surface area contributed by atoms with Crippen molar-refractivity contribution >= 4 is 18.0 Å². The third-order valence-electron chi connectivity index (χ3n) is 9.31. The van der Waals surface area contributed by atoms with Crippen LogP contribution in [0.15, 0.2) is 66.0 Å². The summed E-state index contributed by atoms with van der Waals surface area (Å²) in [4.78, 5) is 37.0. The van der Waals surface area contributed by atoms with Crippen LogP contribution in [0.4, 0.5) is 37.1 Å². The molecule has 15 heteroatoms. The number of benzene rings is 1. The van der Waals surface area contributed by atoms with Crippen molar-refractivity contribution < 1.29 is 50.5 Å². The van der Waals surface area contributed by atoms with Gasteiger partial charge in [-0.25, -0.2) is 19.6 Å². The van der Waals surface area contributed by atoms with Gasteiger partial charge in [0, 0.05) is 30.1 Å². The van der Waals surface area contributed by atoms with E-state index >= 15 is 0 Å². The van der Waals surface area contributed by atoms with Crippen LogP contribution in [-0.4, -0.2) is 80.8 Å². The fourth-order valence-corrected chi connectivity index (χ4v) is 7.21. The molecule has 1 N–H and O–H groups in total. The smallest absolute Gasteiger partial charge is 0.416 e. The highest BCUT2D eigenvalue weighted by molar-refractivity contribution is 5.72. The molecule has 50 heavy (non-hydrogen) atoms. The second kappa shape index (κ2) is 13.8. The van der Waals surface area contributed by atoms with E-state index in [-0.39, 0.29) is 30.2 Å². The molecule has 1 saturated heterocycles. The molecule has 2 aliphatic carbocycles. The Labute approximate surface area is 286 Å². The molecule has 2 fully saturated rings. The minimum absolute atomic E-state index is 0.0179. The first-order chi connectivity index (χ1) is 23.3. The zero-order valence-corrected chi connectivity index (χ0v) is 28.1. The van der Waals surface area contributed by atoms with Crippen molar-refractivity contribution in [1.82, 2.24) is 14.9 Å². The van der Waals surface area contributed by atoms with Gasteiger partial charge in [-0.05, 0) is 70.4 Å². The zero-order valence-electron chi connectivity index (χ0n) is 28.1. The van der Waals surface area contributed by atoms with E-state index in [1.165, 1.54) is 12.4 Å². The number of piperidine rings is 1. The summed E-state index contributed by atoms with van der Waals surface area (Å²) in [5.41, 5.74) is -3.23. The Morgan fingerprint density at radius 3 is 2.24 bits per heavy atom. The van der Waals surface area contributed by atoms with Crippen LogP contribution in [0.3, 0.4) is 0 Å². The van der Waals surface area contributed by atoms with Crippen LogP contribution in [0.5, 0.6) is 5.75 Å². The zero-order chi connectivity index (χ0) is 36.6. The van der Waals surface area contributed by atoms with Crippen LogP contribution in [0.2, 0.25) is 0 Å². The van der Waals surface area contributed by atoms with Gasteiger partial charge >= 0.3 is 24.4 Å². The fourth-order valence-electron chi connectivity index (χ4n) is 7.21. The van der Waals surface area contributed by atoms with Crippen LogP contribution in [0.1, 0.15) is 71.3 Å². The van der Waals surface area contributed by atoms with Crippen molar-refractivity contribution in [3.05, 3.63) is 71.6 Å². The number of ether oxygens (including phenoxy) is 2. The SMILES string of the molecule is CC[C@@H]1CC(N(CC2C=C(C(F)(F)F)C=C(C(F)(F)F)C2)c2ncc(OCC(=O)O)cn2)CC2(C[C@H]2c2ccccc2)N1C(=O)OC(C)(C)C. The molecule has 0 radical (unpaired) electrons. The van der Waals surface area contributed by atoms with Gasteiger partial charge in [-0.15, -0.1) is 0 Å². The molecule has 1 spiro atoms. The Morgan fingerprint density at radius 1 is 1.02 bits per heavy atom. The molecular weight excluding hydrogens is 670 g/mol. The van der Waals surface area contributed by atoms with E-state index in [9.17, 15) is 35.9 Å². The van der Waals surface area contributed by atoms with Gasteiger partial charge in [-0.2, -0.15) is 26.3 Å². The van der Waals surface area contributed by atoms with Gasteiger partial charge < -0.3 is 19.5 Å². The summed E-state index contributed by atoms with van der Waals surface area (Å²) in [7, 11) is 0. The first-order valence-electron chi connectivity index (χ1n) is 16.4. The van der Waals surface area contributed by atoms with E-state index in [2.05, 4.69) is 9.97 Å². The molecule has 3 unspecified atom stereocenters. The Hall–Kier alpha value is -4.30. The average Bonchev–Trinajstić information content (AvgIpc) is 3.74. The minimum Gasteiger partial charge on any atom is -0.479 e. The number of allylic oxidation sites excluding steroid dienone is 3. The third kappa shape index (κ3) is 8.35. The number of rotatable bonds is 9. The van der Waals surface area contributed by atoms with Crippen LogP contribution >= 0.6 is 0 Å². The number of carbonyl (C=O) groups is 2. The van der Waals surface area contributed by atoms with E-state index in [0.717, 1.165) is 11.6 Å². The number of halogens is 6. The Kier molecular flexibility index (Phi) is 10.2.